The van der Waals surface area contributed by atoms with Gasteiger partial charge in [0.2, 0.25) is 0 Å². The van der Waals surface area contributed by atoms with Crippen LogP contribution in [0.4, 0.5) is 0 Å². The molecule has 0 spiro atoms. The number of rotatable bonds is 7. The molecule has 0 aliphatic heterocycles. The van der Waals surface area contributed by atoms with Crippen LogP contribution in [0.2, 0.25) is 0 Å². The lowest BCUT2D eigenvalue weighted by Crippen LogP contribution is -2.14. The minimum atomic E-state index is 0.464. The third-order valence-electron chi connectivity index (χ3n) is 1.98. The van der Waals surface area contributed by atoms with Gasteiger partial charge in [-0.2, -0.15) is 5.48 Å². The monoisotopic (exact) mass is 221 g/mol. The van der Waals surface area contributed by atoms with Crippen molar-refractivity contribution in [3.05, 3.63) is 35.9 Å². The van der Waals surface area contributed by atoms with Crippen molar-refractivity contribution in [3.63, 3.8) is 0 Å². The molecule has 0 aliphatic rings. The van der Waals surface area contributed by atoms with E-state index in [0.29, 0.717) is 19.6 Å². The third kappa shape index (κ3) is 4.75. The van der Waals surface area contributed by atoms with E-state index in [4.69, 9.17) is 9.57 Å². The summed E-state index contributed by atoms with van der Waals surface area (Å²) in [6, 6.07) is 7.71. The Kier molecular flexibility index (Phi) is 5.96. The fraction of sp³-hybridized carbons (Fsp3) is 0.333. The zero-order valence-corrected chi connectivity index (χ0v) is 9.23. The van der Waals surface area contributed by atoms with Crippen molar-refractivity contribution < 1.29 is 14.4 Å². The first-order valence-corrected chi connectivity index (χ1v) is 5.03. The average molecular weight is 221 g/mol. The van der Waals surface area contributed by atoms with E-state index in [1.807, 2.05) is 24.3 Å². The van der Waals surface area contributed by atoms with Crippen LogP contribution in [0.5, 0.6) is 5.75 Å². The van der Waals surface area contributed by atoms with Crippen LogP contribution < -0.4 is 10.2 Å². The number of benzene rings is 1. The zero-order chi connectivity index (χ0) is 11.6. The van der Waals surface area contributed by atoms with Gasteiger partial charge < -0.3 is 9.57 Å². The van der Waals surface area contributed by atoms with Crippen molar-refractivity contribution in [2.45, 2.75) is 13.0 Å². The molecule has 0 aliphatic carbocycles. The normalized spacial score (nSPS) is 9.56. The quantitative estimate of drug-likeness (QED) is 0.430. The first-order valence-electron chi connectivity index (χ1n) is 5.03. The molecule has 0 bridgehead atoms. The summed E-state index contributed by atoms with van der Waals surface area (Å²) < 4.78 is 5.05. The Balaban J connectivity index is 2.19. The molecule has 0 saturated carbocycles. The Labute approximate surface area is 94.8 Å². The van der Waals surface area contributed by atoms with Crippen LogP contribution in [0.25, 0.3) is 0 Å². The lowest BCUT2D eigenvalue weighted by molar-refractivity contribution is 0.0399. The Morgan fingerprint density at radius 2 is 2.12 bits per heavy atom. The summed E-state index contributed by atoms with van der Waals surface area (Å²) in [7, 11) is 1.64. The minimum Gasteiger partial charge on any atom is -0.497 e. The summed E-state index contributed by atoms with van der Waals surface area (Å²) in [6.07, 6.45) is 1.97. The summed E-state index contributed by atoms with van der Waals surface area (Å²) in [5.74, 6) is 2.53. The Bertz CT molecular complexity index is 342. The molecule has 1 aromatic carbocycles. The van der Waals surface area contributed by atoms with Crippen LogP contribution in [0, 0.1) is 0 Å². The summed E-state index contributed by atoms with van der Waals surface area (Å²) in [5, 5.41) is 0. The van der Waals surface area contributed by atoms with E-state index in [1.165, 1.54) is 6.08 Å². The van der Waals surface area contributed by atoms with Crippen LogP contribution in [0.3, 0.4) is 0 Å². The van der Waals surface area contributed by atoms with Crippen molar-refractivity contribution in [1.29, 1.82) is 0 Å². The second-order valence-electron chi connectivity index (χ2n) is 3.13. The molecule has 0 saturated heterocycles. The first-order chi connectivity index (χ1) is 7.86. The third-order valence-corrected chi connectivity index (χ3v) is 1.98. The number of hydrogen-bond donors (Lipinski definition) is 1. The van der Waals surface area contributed by atoms with Crippen LogP contribution in [-0.4, -0.2) is 19.7 Å². The maximum Gasteiger partial charge on any atom is 0.120 e. The van der Waals surface area contributed by atoms with Gasteiger partial charge in [-0.05, 0) is 17.7 Å². The van der Waals surface area contributed by atoms with Crippen LogP contribution in [-0.2, 0) is 16.2 Å². The van der Waals surface area contributed by atoms with E-state index < -0.39 is 0 Å². The van der Waals surface area contributed by atoms with Crippen LogP contribution in [0.15, 0.2) is 30.3 Å². The van der Waals surface area contributed by atoms with E-state index in [-0.39, 0.29) is 0 Å². The molecule has 16 heavy (non-hydrogen) atoms. The molecule has 1 rings (SSSR count). The molecule has 4 nitrogen and oxygen atoms in total. The first kappa shape index (κ1) is 12.5. The maximum absolute atomic E-state index is 9.85. The highest BCUT2D eigenvalue weighted by Crippen LogP contribution is 2.10. The Morgan fingerprint density at radius 1 is 1.38 bits per heavy atom. The second-order valence-corrected chi connectivity index (χ2v) is 3.13. The summed E-state index contributed by atoms with van der Waals surface area (Å²) >= 11 is 0. The van der Waals surface area contributed by atoms with E-state index in [2.05, 4.69) is 5.48 Å². The molecule has 0 unspecified atom stereocenters. The van der Waals surface area contributed by atoms with Gasteiger partial charge in [-0.25, -0.2) is 4.79 Å². The fourth-order valence-corrected chi connectivity index (χ4v) is 1.13. The molecule has 0 radical (unpaired) electrons. The number of ether oxygens (including phenoxy) is 1. The highest BCUT2D eigenvalue weighted by Gasteiger charge is 1.93. The molecule has 86 valence electrons. The highest BCUT2D eigenvalue weighted by atomic mass is 16.6. The lowest BCUT2D eigenvalue weighted by Gasteiger charge is -2.05. The van der Waals surface area contributed by atoms with Gasteiger partial charge in [0.15, 0.2) is 0 Å². The zero-order valence-electron chi connectivity index (χ0n) is 9.23. The van der Waals surface area contributed by atoms with Gasteiger partial charge in [0.1, 0.15) is 11.7 Å². The van der Waals surface area contributed by atoms with Crippen molar-refractivity contribution in [1.82, 2.24) is 5.48 Å². The summed E-state index contributed by atoms with van der Waals surface area (Å²) in [5.41, 5.74) is 3.91. The maximum atomic E-state index is 9.85. The molecular weight excluding hydrogens is 206 g/mol. The molecule has 0 fully saturated rings. The van der Waals surface area contributed by atoms with Gasteiger partial charge in [-0.3, -0.25) is 0 Å². The topological polar surface area (TPSA) is 47.6 Å². The Morgan fingerprint density at radius 3 is 2.75 bits per heavy atom. The van der Waals surface area contributed by atoms with Crippen molar-refractivity contribution in [2.75, 3.05) is 13.7 Å². The smallest absolute Gasteiger partial charge is 0.120 e. The van der Waals surface area contributed by atoms with E-state index in [9.17, 15) is 4.79 Å². The summed E-state index contributed by atoms with van der Waals surface area (Å²) in [4.78, 5) is 15.0. The number of nitrogens with one attached hydrogen (secondary N) is 1. The minimum absolute atomic E-state index is 0.464. The molecule has 0 amide bonds. The highest BCUT2D eigenvalue weighted by molar-refractivity contribution is 5.44. The van der Waals surface area contributed by atoms with Crippen LogP contribution in [0.1, 0.15) is 12.0 Å². The average Bonchev–Trinajstić information content (AvgIpc) is 2.34. The summed E-state index contributed by atoms with van der Waals surface area (Å²) in [6.45, 7) is 1.08. The van der Waals surface area contributed by atoms with E-state index >= 15 is 0 Å². The largest absolute Gasteiger partial charge is 0.497 e. The second kappa shape index (κ2) is 7.65. The fourth-order valence-electron chi connectivity index (χ4n) is 1.13. The lowest BCUT2D eigenvalue weighted by atomic mass is 10.2. The Hall–Kier alpha value is -1.61. The molecule has 0 atom stereocenters. The van der Waals surface area contributed by atoms with Gasteiger partial charge in [0, 0.05) is 19.0 Å². The van der Waals surface area contributed by atoms with Gasteiger partial charge in [-0.15, -0.1) is 0 Å². The number of hydroxylamine groups is 1. The standard InChI is InChI=1S/C12H15NO3/c1-15-12-6-4-11(5-7-12)10-13-16-9-3-2-8-14/h2,4-7,13H,3,9-10H2,1H3. The number of carbonyl (C=O) groups excluding carboxylic acids is 1. The van der Waals surface area contributed by atoms with Crippen molar-refractivity contribution >= 4 is 5.94 Å². The molecule has 0 heterocycles. The predicted molar refractivity (Wildman–Crippen MR) is 60.7 cm³/mol. The molecule has 1 aromatic rings. The molecule has 4 heteroatoms. The van der Waals surface area contributed by atoms with Crippen LogP contribution >= 0.6 is 0 Å². The predicted octanol–water partition coefficient (Wildman–Crippen LogP) is 1.49. The van der Waals surface area contributed by atoms with Gasteiger partial charge in [0.05, 0.1) is 13.7 Å². The van der Waals surface area contributed by atoms with Gasteiger partial charge in [-0.1, -0.05) is 12.1 Å². The molecule has 1 N–H and O–H groups in total. The van der Waals surface area contributed by atoms with E-state index in [0.717, 1.165) is 11.3 Å². The number of hydrogen-bond acceptors (Lipinski definition) is 4. The van der Waals surface area contributed by atoms with Crippen molar-refractivity contribution in [2.24, 2.45) is 0 Å². The molecular formula is C12H15NO3. The van der Waals surface area contributed by atoms with Gasteiger partial charge >= 0.3 is 0 Å². The number of methoxy groups -OCH3 is 1. The molecule has 0 aromatic heterocycles. The van der Waals surface area contributed by atoms with Crippen molar-refractivity contribution in [3.8, 4) is 5.75 Å². The SMILES string of the molecule is COc1ccc(CNOCCC=C=O)cc1. The van der Waals surface area contributed by atoms with E-state index in [1.54, 1.807) is 13.1 Å². The van der Waals surface area contributed by atoms with Gasteiger partial charge in [0.25, 0.3) is 0 Å².